The number of nitrogens with one attached hydrogen (secondary N) is 1. The van der Waals surface area contributed by atoms with Gasteiger partial charge < -0.3 is 4.98 Å². The fraction of sp³-hybridized carbons (Fsp3) is 0.214. The number of nitrogens with zero attached hydrogens (tertiary/aromatic N) is 2. The Morgan fingerprint density at radius 3 is 2.88 bits per heavy atom. The zero-order chi connectivity index (χ0) is 11.8. The lowest BCUT2D eigenvalue weighted by atomic mass is 10.1. The van der Waals surface area contributed by atoms with Crippen LogP contribution in [0.25, 0.3) is 22.2 Å². The van der Waals surface area contributed by atoms with Crippen molar-refractivity contribution in [3.05, 3.63) is 42.2 Å². The van der Waals surface area contributed by atoms with Crippen molar-refractivity contribution < 1.29 is 0 Å². The van der Waals surface area contributed by atoms with E-state index in [2.05, 4.69) is 47.3 Å². The summed E-state index contributed by atoms with van der Waals surface area (Å²) in [6, 6.07) is 10.7. The molecule has 0 spiro atoms. The van der Waals surface area contributed by atoms with E-state index >= 15 is 0 Å². The van der Waals surface area contributed by atoms with Crippen molar-refractivity contribution in [2.45, 2.75) is 13.3 Å². The Morgan fingerprint density at radius 1 is 1.24 bits per heavy atom. The highest BCUT2D eigenvalue weighted by atomic mass is 15.3. The molecule has 0 saturated carbocycles. The normalized spacial score (nSPS) is 11.2. The second-order valence-corrected chi connectivity index (χ2v) is 4.28. The van der Waals surface area contributed by atoms with Crippen LogP contribution in [0.1, 0.15) is 12.6 Å². The third kappa shape index (κ3) is 1.64. The first-order chi connectivity index (χ1) is 8.28. The van der Waals surface area contributed by atoms with Crippen molar-refractivity contribution in [1.29, 1.82) is 0 Å². The van der Waals surface area contributed by atoms with Gasteiger partial charge in [0.25, 0.3) is 0 Å². The smallest absolute Gasteiger partial charge is 0.0682 e. The molecule has 1 aromatic carbocycles. The maximum atomic E-state index is 4.48. The average molecular weight is 225 g/mol. The van der Waals surface area contributed by atoms with Crippen molar-refractivity contribution in [3.8, 4) is 11.3 Å². The summed E-state index contributed by atoms with van der Waals surface area (Å²) in [5.74, 6) is 0. The molecule has 0 radical (unpaired) electrons. The van der Waals surface area contributed by atoms with Crippen LogP contribution in [0, 0.1) is 0 Å². The van der Waals surface area contributed by atoms with E-state index in [1.807, 2.05) is 17.9 Å². The van der Waals surface area contributed by atoms with E-state index in [4.69, 9.17) is 0 Å². The third-order valence-corrected chi connectivity index (χ3v) is 3.14. The highest BCUT2D eigenvalue weighted by molar-refractivity contribution is 5.84. The van der Waals surface area contributed by atoms with E-state index in [9.17, 15) is 0 Å². The molecule has 0 amide bonds. The largest absolute Gasteiger partial charge is 0.361 e. The Morgan fingerprint density at radius 2 is 2.12 bits per heavy atom. The fourth-order valence-corrected chi connectivity index (χ4v) is 2.18. The minimum atomic E-state index is 0.972. The van der Waals surface area contributed by atoms with Gasteiger partial charge in [-0.15, -0.1) is 0 Å². The zero-order valence-corrected chi connectivity index (χ0v) is 10.1. The highest BCUT2D eigenvalue weighted by Gasteiger charge is 2.07. The van der Waals surface area contributed by atoms with Crippen molar-refractivity contribution >= 4 is 10.9 Å². The van der Waals surface area contributed by atoms with Gasteiger partial charge in [-0.25, -0.2) is 0 Å². The molecule has 1 N–H and O–H groups in total. The molecule has 0 aliphatic rings. The van der Waals surface area contributed by atoms with Gasteiger partial charge in [0.2, 0.25) is 0 Å². The Labute approximate surface area is 100 Å². The monoisotopic (exact) mass is 225 g/mol. The molecule has 3 nitrogen and oxygen atoms in total. The van der Waals surface area contributed by atoms with E-state index in [1.54, 1.807) is 0 Å². The molecule has 0 unspecified atom stereocenters. The quantitative estimate of drug-likeness (QED) is 0.714. The van der Waals surface area contributed by atoms with Gasteiger partial charge in [-0.1, -0.05) is 13.0 Å². The summed E-state index contributed by atoms with van der Waals surface area (Å²) in [6.45, 7) is 2.13. The Balaban J connectivity index is 2.15. The number of aromatic nitrogens is 3. The summed E-state index contributed by atoms with van der Waals surface area (Å²) in [5, 5.41) is 5.72. The minimum Gasteiger partial charge on any atom is -0.361 e. The zero-order valence-electron chi connectivity index (χ0n) is 10.1. The summed E-state index contributed by atoms with van der Waals surface area (Å²) >= 11 is 0. The van der Waals surface area contributed by atoms with Crippen LogP contribution in [-0.4, -0.2) is 14.8 Å². The Hall–Kier alpha value is -2.03. The maximum absolute atomic E-state index is 4.48. The molecule has 2 heterocycles. The topological polar surface area (TPSA) is 33.6 Å². The van der Waals surface area contributed by atoms with Gasteiger partial charge in [0.1, 0.15) is 0 Å². The molecule has 3 aromatic rings. The molecule has 17 heavy (non-hydrogen) atoms. The number of benzene rings is 1. The molecule has 3 heteroatoms. The number of aryl methyl sites for hydroxylation is 2. The van der Waals surface area contributed by atoms with E-state index in [-0.39, 0.29) is 0 Å². The lowest BCUT2D eigenvalue weighted by Gasteiger charge is -2.01. The minimum absolute atomic E-state index is 0.972. The molecular weight excluding hydrogens is 210 g/mol. The van der Waals surface area contributed by atoms with Crippen molar-refractivity contribution in [1.82, 2.24) is 14.8 Å². The van der Waals surface area contributed by atoms with Crippen LogP contribution in [0.3, 0.4) is 0 Å². The molecule has 2 aromatic heterocycles. The molecule has 0 aliphatic heterocycles. The van der Waals surface area contributed by atoms with E-state index in [0.29, 0.717) is 0 Å². The lowest BCUT2D eigenvalue weighted by molar-refractivity contribution is 0.753. The lowest BCUT2D eigenvalue weighted by Crippen LogP contribution is -1.94. The number of aromatic amines is 1. The Kier molecular flexibility index (Phi) is 2.25. The van der Waals surface area contributed by atoms with Crippen LogP contribution in [0.4, 0.5) is 0 Å². The molecule has 0 saturated heterocycles. The van der Waals surface area contributed by atoms with Crippen LogP contribution >= 0.6 is 0 Å². The fourth-order valence-electron chi connectivity index (χ4n) is 2.18. The van der Waals surface area contributed by atoms with Gasteiger partial charge in [-0.3, -0.25) is 4.68 Å². The van der Waals surface area contributed by atoms with Crippen molar-refractivity contribution in [2.75, 3.05) is 0 Å². The molecule has 3 rings (SSSR count). The van der Waals surface area contributed by atoms with Gasteiger partial charge in [-0.2, -0.15) is 5.10 Å². The molecular formula is C14H15N3. The molecule has 86 valence electrons. The summed E-state index contributed by atoms with van der Waals surface area (Å²) in [6.07, 6.45) is 2.94. The van der Waals surface area contributed by atoms with Gasteiger partial charge in [0.05, 0.1) is 11.4 Å². The van der Waals surface area contributed by atoms with Crippen molar-refractivity contribution in [2.24, 2.45) is 7.05 Å². The first-order valence-electron chi connectivity index (χ1n) is 5.88. The van der Waals surface area contributed by atoms with Crippen LogP contribution < -0.4 is 0 Å². The summed E-state index contributed by atoms with van der Waals surface area (Å²) in [4.78, 5) is 3.21. The maximum Gasteiger partial charge on any atom is 0.0682 e. The first-order valence-corrected chi connectivity index (χ1v) is 5.88. The predicted molar refractivity (Wildman–Crippen MR) is 69.9 cm³/mol. The van der Waals surface area contributed by atoms with Crippen molar-refractivity contribution in [3.63, 3.8) is 0 Å². The van der Waals surface area contributed by atoms with E-state index in [0.717, 1.165) is 12.1 Å². The van der Waals surface area contributed by atoms with Gasteiger partial charge in [-0.05, 0) is 30.7 Å². The van der Waals surface area contributed by atoms with Crippen LogP contribution in [0.15, 0.2) is 36.5 Å². The van der Waals surface area contributed by atoms with Crippen LogP contribution in [-0.2, 0) is 13.5 Å². The summed E-state index contributed by atoms with van der Waals surface area (Å²) in [5.41, 5.74) is 4.69. The molecule has 0 fully saturated rings. The second-order valence-electron chi connectivity index (χ2n) is 4.28. The highest BCUT2D eigenvalue weighted by Crippen LogP contribution is 2.24. The third-order valence-electron chi connectivity index (χ3n) is 3.14. The molecule has 0 bridgehead atoms. The number of hydrogen-bond acceptors (Lipinski definition) is 1. The summed E-state index contributed by atoms with van der Waals surface area (Å²) < 4.78 is 1.95. The number of rotatable bonds is 2. The predicted octanol–water partition coefficient (Wildman–Crippen LogP) is 3.13. The SMILES string of the molecule is CCc1cc(-c2ccc3[nH]ccc3c2)n(C)n1. The summed E-state index contributed by atoms with van der Waals surface area (Å²) in [7, 11) is 2.00. The first kappa shape index (κ1) is 10.1. The van der Waals surface area contributed by atoms with Gasteiger partial charge in [0.15, 0.2) is 0 Å². The van der Waals surface area contributed by atoms with Crippen LogP contribution in [0.5, 0.6) is 0 Å². The number of H-pyrrole nitrogens is 1. The number of hydrogen-bond donors (Lipinski definition) is 1. The molecule has 0 atom stereocenters. The Bertz CT molecular complexity index is 661. The van der Waals surface area contributed by atoms with Gasteiger partial charge >= 0.3 is 0 Å². The van der Waals surface area contributed by atoms with Gasteiger partial charge in [0, 0.05) is 29.7 Å². The van der Waals surface area contributed by atoms with E-state index < -0.39 is 0 Å². The van der Waals surface area contributed by atoms with Crippen LogP contribution in [0.2, 0.25) is 0 Å². The standard InChI is InChI=1S/C14H15N3/c1-3-12-9-14(17(2)16-12)11-4-5-13-10(8-11)6-7-15-13/h4-9,15H,3H2,1-2H3. The second kappa shape index (κ2) is 3.77. The number of fused-ring (bicyclic) bond motifs is 1. The average Bonchev–Trinajstić information content (AvgIpc) is 2.93. The molecule has 0 aliphatic carbocycles. The van der Waals surface area contributed by atoms with E-state index in [1.165, 1.54) is 22.2 Å².